The Morgan fingerprint density at radius 2 is 1.94 bits per heavy atom. The maximum absolute atomic E-state index is 9.88. The normalized spacial score (nSPS) is 23.9. The number of aliphatic hydroxyl groups is 1. The molecule has 2 unspecified atom stereocenters. The van der Waals surface area contributed by atoms with E-state index in [9.17, 15) is 5.11 Å². The number of aliphatic hydroxyl groups excluding tert-OH is 1. The van der Waals surface area contributed by atoms with Crippen molar-refractivity contribution in [2.75, 3.05) is 13.7 Å². The summed E-state index contributed by atoms with van der Waals surface area (Å²) >= 11 is 0. The van der Waals surface area contributed by atoms with Crippen LogP contribution in [0, 0.1) is 5.92 Å². The van der Waals surface area contributed by atoms with Crippen LogP contribution < -0.4 is 10.1 Å². The summed E-state index contributed by atoms with van der Waals surface area (Å²) in [6.45, 7) is 1.76. The van der Waals surface area contributed by atoms with Crippen LogP contribution in [0.4, 0.5) is 0 Å². The highest BCUT2D eigenvalue weighted by Crippen LogP contribution is 2.23. The number of methoxy groups -OCH3 is 1. The summed E-state index contributed by atoms with van der Waals surface area (Å²) < 4.78 is 5.13. The van der Waals surface area contributed by atoms with Crippen LogP contribution in [-0.4, -0.2) is 24.9 Å². The summed E-state index contributed by atoms with van der Waals surface area (Å²) in [5.41, 5.74) is 1.25. The fourth-order valence-electron chi connectivity index (χ4n) is 2.57. The van der Waals surface area contributed by atoms with Gasteiger partial charge >= 0.3 is 0 Å². The van der Waals surface area contributed by atoms with Crippen molar-refractivity contribution in [2.45, 2.75) is 38.3 Å². The smallest absolute Gasteiger partial charge is 0.118 e. The molecule has 1 aliphatic rings. The molecule has 0 aromatic heterocycles. The molecule has 0 bridgehead atoms. The molecule has 2 rings (SSSR count). The maximum atomic E-state index is 9.88. The third kappa shape index (κ3) is 3.72. The molecule has 3 nitrogen and oxygen atoms in total. The van der Waals surface area contributed by atoms with Crippen LogP contribution in [0.3, 0.4) is 0 Å². The van der Waals surface area contributed by atoms with Crippen molar-refractivity contribution in [2.24, 2.45) is 5.92 Å². The highest BCUT2D eigenvalue weighted by Gasteiger charge is 2.22. The zero-order chi connectivity index (χ0) is 12.8. The first kappa shape index (κ1) is 13.4. The minimum Gasteiger partial charge on any atom is -0.497 e. The average molecular weight is 249 g/mol. The first-order valence-corrected chi connectivity index (χ1v) is 6.81. The minimum atomic E-state index is -0.109. The number of nitrogens with one attached hydrogen (secondary N) is 1. The SMILES string of the molecule is COc1ccc(CNCC2CCCCC2O)cc1. The Morgan fingerprint density at radius 3 is 2.61 bits per heavy atom. The van der Waals surface area contributed by atoms with E-state index < -0.39 is 0 Å². The van der Waals surface area contributed by atoms with Gasteiger partial charge < -0.3 is 15.2 Å². The van der Waals surface area contributed by atoms with Gasteiger partial charge in [-0.25, -0.2) is 0 Å². The van der Waals surface area contributed by atoms with E-state index >= 15 is 0 Å². The van der Waals surface area contributed by atoms with Crippen molar-refractivity contribution in [1.82, 2.24) is 5.32 Å². The van der Waals surface area contributed by atoms with Gasteiger partial charge in [0.2, 0.25) is 0 Å². The summed E-state index contributed by atoms with van der Waals surface area (Å²) in [5, 5.41) is 13.3. The molecule has 1 fully saturated rings. The minimum absolute atomic E-state index is 0.109. The van der Waals surface area contributed by atoms with Crippen molar-refractivity contribution in [3.8, 4) is 5.75 Å². The molecule has 2 N–H and O–H groups in total. The third-order valence-corrected chi connectivity index (χ3v) is 3.76. The molecule has 1 saturated carbocycles. The molecular formula is C15H23NO2. The Morgan fingerprint density at radius 1 is 1.22 bits per heavy atom. The molecule has 1 aromatic carbocycles. The van der Waals surface area contributed by atoms with Crippen LogP contribution in [0.1, 0.15) is 31.2 Å². The second-order valence-electron chi connectivity index (χ2n) is 5.09. The van der Waals surface area contributed by atoms with Crippen molar-refractivity contribution < 1.29 is 9.84 Å². The quantitative estimate of drug-likeness (QED) is 0.841. The monoisotopic (exact) mass is 249 g/mol. The maximum Gasteiger partial charge on any atom is 0.118 e. The predicted molar refractivity (Wildman–Crippen MR) is 72.7 cm³/mol. The van der Waals surface area contributed by atoms with E-state index in [2.05, 4.69) is 17.4 Å². The molecule has 0 spiro atoms. The van der Waals surface area contributed by atoms with Crippen molar-refractivity contribution >= 4 is 0 Å². The Bertz CT molecular complexity index is 350. The Balaban J connectivity index is 1.73. The largest absolute Gasteiger partial charge is 0.497 e. The van der Waals surface area contributed by atoms with Crippen LogP contribution in [0.5, 0.6) is 5.75 Å². The van der Waals surface area contributed by atoms with Crippen molar-refractivity contribution in [1.29, 1.82) is 0 Å². The molecule has 18 heavy (non-hydrogen) atoms. The second kappa shape index (κ2) is 6.76. The van der Waals surface area contributed by atoms with Gasteiger partial charge in [-0.2, -0.15) is 0 Å². The van der Waals surface area contributed by atoms with Crippen LogP contribution in [0.15, 0.2) is 24.3 Å². The topological polar surface area (TPSA) is 41.5 Å². The van der Waals surface area contributed by atoms with Gasteiger partial charge in [0.25, 0.3) is 0 Å². The number of hydrogen-bond donors (Lipinski definition) is 2. The van der Waals surface area contributed by atoms with E-state index in [4.69, 9.17) is 4.74 Å². The van der Waals surface area contributed by atoms with Crippen molar-refractivity contribution in [3.63, 3.8) is 0 Å². The van der Waals surface area contributed by atoms with Gasteiger partial charge in [-0.1, -0.05) is 25.0 Å². The van der Waals surface area contributed by atoms with Gasteiger partial charge in [0.1, 0.15) is 5.75 Å². The molecule has 1 aromatic rings. The van der Waals surface area contributed by atoms with E-state index in [1.54, 1.807) is 7.11 Å². The molecule has 0 radical (unpaired) electrons. The Labute approximate surface area is 109 Å². The van der Waals surface area contributed by atoms with Gasteiger partial charge in [-0.05, 0) is 36.5 Å². The van der Waals surface area contributed by atoms with E-state index in [1.807, 2.05) is 12.1 Å². The standard InChI is InChI=1S/C15H23NO2/c1-18-14-8-6-12(7-9-14)10-16-11-13-4-2-3-5-15(13)17/h6-9,13,15-17H,2-5,10-11H2,1H3. The lowest BCUT2D eigenvalue weighted by Crippen LogP contribution is -2.33. The number of hydrogen-bond acceptors (Lipinski definition) is 3. The molecule has 3 heteroatoms. The fourth-order valence-corrected chi connectivity index (χ4v) is 2.57. The number of rotatable bonds is 5. The summed E-state index contributed by atoms with van der Waals surface area (Å²) in [6.07, 6.45) is 4.44. The molecule has 100 valence electrons. The number of benzene rings is 1. The van der Waals surface area contributed by atoms with E-state index in [-0.39, 0.29) is 6.10 Å². The van der Waals surface area contributed by atoms with Gasteiger partial charge in [-0.3, -0.25) is 0 Å². The van der Waals surface area contributed by atoms with E-state index in [0.29, 0.717) is 5.92 Å². The first-order chi connectivity index (χ1) is 8.79. The molecular weight excluding hydrogens is 226 g/mol. The molecule has 0 heterocycles. The molecule has 1 aliphatic carbocycles. The highest BCUT2D eigenvalue weighted by atomic mass is 16.5. The lowest BCUT2D eigenvalue weighted by molar-refractivity contribution is 0.0695. The highest BCUT2D eigenvalue weighted by molar-refractivity contribution is 5.26. The van der Waals surface area contributed by atoms with E-state index in [1.165, 1.54) is 18.4 Å². The predicted octanol–water partition coefficient (Wildman–Crippen LogP) is 2.34. The number of ether oxygens (including phenoxy) is 1. The average Bonchev–Trinajstić information content (AvgIpc) is 2.42. The summed E-state index contributed by atoms with van der Waals surface area (Å²) in [5.74, 6) is 1.32. The van der Waals surface area contributed by atoms with Gasteiger partial charge in [0.15, 0.2) is 0 Å². The summed E-state index contributed by atoms with van der Waals surface area (Å²) in [7, 11) is 1.68. The Kier molecular flexibility index (Phi) is 5.02. The van der Waals surface area contributed by atoms with Gasteiger partial charge in [0.05, 0.1) is 13.2 Å². The Hall–Kier alpha value is -1.06. The van der Waals surface area contributed by atoms with Crippen LogP contribution in [0.2, 0.25) is 0 Å². The van der Waals surface area contributed by atoms with Crippen LogP contribution >= 0.6 is 0 Å². The molecule has 0 aliphatic heterocycles. The summed E-state index contributed by atoms with van der Waals surface area (Å²) in [6, 6.07) is 8.10. The van der Waals surface area contributed by atoms with Gasteiger partial charge in [0, 0.05) is 13.1 Å². The fraction of sp³-hybridized carbons (Fsp3) is 0.600. The van der Waals surface area contributed by atoms with Gasteiger partial charge in [-0.15, -0.1) is 0 Å². The molecule has 0 amide bonds. The lowest BCUT2D eigenvalue weighted by atomic mass is 9.86. The van der Waals surface area contributed by atoms with Crippen LogP contribution in [0.25, 0.3) is 0 Å². The summed E-state index contributed by atoms with van der Waals surface area (Å²) in [4.78, 5) is 0. The first-order valence-electron chi connectivity index (χ1n) is 6.81. The lowest BCUT2D eigenvalue weighted by Gasteiger charge is -2.27. The zero-order valence-electron chi connectivity index (χ0n) is 11.1. The van der Waals surface area contributed by atoms with Crippen LogP contribution in [-0.2, 0) is 6.54 Å². The molecule has 0 saturated heterocycles. The third-order valence-electron chi connectivity index (χ3n) is 3.76. The zero-order valence-corrected chi connectivity index (χ0v) is 11.1. The second-order valence-corrected chi connectivity index (χ2v) is 5.09. The van der Waals surface area contributed by atoms with Crippen molar-refractivity contribution in [3.05, 3.63) is 29.8 Å². The van der Waals surface area contributed by atoms with E-state index in [0.717, 1.165) is 31.7 Å². The molecule has 2 atom stereocenters.